The molecule has 5 heteroatoms. The molecular formula is C19H31N3O2. The standard InChI is InChI=1S/C19H31N3O2/c1-5-12-21(13-6-2)18(23)16-10-9-11-17(20-16)19(24)22(14-7-3)15-8-4/h9-11H,5-8,12-15H2,1-4H3. The van der Waals surface area contributed by atoms with Gasteiger partial charge in [-0.25, -0.2) is 4.98 Å². The van der Waals surface area contributed by atoms with Gasteiger partial charge in [-0.15, -0.1) is 0 Å². The predicted molar refractivity (Wildman–Crippen MR) is 97.2 cm³/mol. The van der Waals surface area contributed by atoms with E-state index in [-0.39, 0.29) is 11.8 Å². The summed E-state index contributed by atoms with van der Waals surface area (Å²) in [5.74, 6) is -0.184. The van der Waals surface area contributed by atoms with Gasteiger partial charge in [0.2, 0.25) is 0 Å². The molecular weight excluding hydrogens is 302 g/mol. The Labute approximate surface area is 146 Å². The third-order valence-corrected chi connectivity index (χ3v) is 3.74. The van der Waals surface area contributed by atoms with Gasteiger partial charge in [-0.2, -0.15) is 0 Å². The SMILES string of the molecule is CCCN(CCC)C(=O)c1cccc(C(=O)N(CCC)CCC)n1. The van der Waals surface area contributed by atoms with Crippen molar-refractivity contribution < 1.29 is 9.59 Å². The summed E-state index contributed by atoms with van der Waals surface area (Å²) in [5, 5.41) is 0. The molecule has 0 aliphatic rings. The number of carbonyl (C=O) groups is 2. The van der Waals surface area contributed by atoms with Crippen molar-refractivity contribution in [1.29, 1.82) is 0 Å². The first kappa shape index (κ1) is 20.1. The molecule has 1 rings (SSSR count). The van der Waals surface area contributed by atoms with Crippen LogP contribution >= 0.6 is 0 Å². The fourth-order valence-electron chi connectivity index (χ4n) is 2.71. The molecule has 0 bridgehead atoms. The van der Waals surface area contributed by atoms with Crippen LogP contribution in [0.15, 0.2) is 18.2 Å². The Balaban J connectivity index is 2.99. The molecule has 1 heterocycles. The highest BCUT2D eigenvalue weighted by Crippen LogP contribution is 2.09. The summed E-state index contributed by atoms with van der Waals surface area (Å²) in [6.07, 6.45) is 3.63. The second-order valence-electron chi connectivity index (χ2n) is 5.99. The van der Waals surface area contributed by atoms with Crippen molar-refractivity contribution in [2.45, 2.75) is 53.4 Å². The van der Waals surface area contributed by atoms with E-state index in [1.165, 1.54) is 0 Å². The smallest absolute Gasteiger partial charge is 0.272 e. The minimum atomic E-state index is -0.0918. The van der Waals surface area contributed by atoms with Crippen molar-refractivity contribution in [1.82, 2.24) is 14.8 Å². The number of nitrogens with zero attached hydrogens (tertiary/aromatic N) is 3. The number of aromatic nitrogens is 1. The van der Waals surface area contributed by atoms with E-state index in [0.717, 1.165) is 25.7 Å². The first-order valence-corrected chi connectivity index (χ1v) is 9.14. The van der Waals surface area contributed by atoms with E-state index >= 15 is 0 Å². The normalized spacial score (nSPS) is 10.5. The van der Waals surface area contributed by atoms with Crippen molar-refractivity contribution in [3.63, 3.8) is 0 Å². The molecule has 24 heavy (non-hydrogen) atoms. The Morgan fingerprint density at radius 1 is 0.750 bits per heavy atom. The fraction of sp³-hybridized carbons (Fsp3) is 0.632. The lowest BCUT2D eigenvalue weighted by molar-refractivity contribution is 0.0742. The molecule has 5 nitrogen and oxygen atoms in total. The third kappa shape index (κ3) is 5.62. The van der Waals surface area contributed by atoms with Gasteiger partial charge in [0.15, 0.2) is 0 Å². The second-order valence-corrected chi connectivity index (χ2v) is 5.99. The Morgan fingerprint density at radius 3 is 1.38 bits per heavy atom. The summed E-state index contributed by atoms with van der Waals surface area (Å²) in [4.78, 5) is 33.3. The number of hydrogen-bond donors (Lipinski definition) is 0. The zero-order chi connectivity index (χ0) is 17.9. The molecule has 0 fully saturated rings. The van der Waals surface area contributed by atoms with Gasteiger partial charge in [-0.1, -0.05) is 33.8 Å². The summed E-state index contributed by atoms with van der Waals surface area (Å²) < 4.78 is 0. The van der Waals surface area contributed by atoms with Crippen LogP contribution in [0.5, 0.6) is 0 Å². The zero-order valence-corrected chi connectivity index (χ0v) is 15.5. The number of amides is 2. The lowest BCUT2D eigenvalue weighted by Crippen LogP contribution is -2.35. The Morgan fingerprint density at radius 2 is 1.08 bits per heavy atom. The van der Waals surface area contributed by atoms with Crippen LogP contribution in [0, 0.1) is 0 Å². The van der Waals surface area contributed by atoms with E-state index in [9.17, 15) is 9.59 Å². The summed E-state index contributed by atoms with van der Waals surface area (Å²) in [6, 6.07) is 5.14. The summed E-state index contributed by atoms with van der Waals surface area (Å²) in [7, 11) is 0. The molecule has 134 valence electrons. The molecule has 0 radical (unpaired) electrons. The lowest BCUT2D eigenvalue weighted by atomic mass is 10.2. The van der Waals surface area contributed by atoms with Gasteiger partial charge in [0.05, 0.1) is 0 Å². The van der Waals surface area contributed by atoms with E-state index in [1.807, 2.05) is 9.80 Å². The largest absolute Gasteiger partial charge is 0.337 e. The molecule has 2 amide bonds. The van der Waals surface area contributed by atoms with E-state index in [2.05, 4.69) is 32.7 Å². The first-order chi connectivity index (χ1) is 11.6. The Kier molecular flexibility index (Phi) is 9.05. The van der Waals surface area contributed by atoms with Crippen molar-refractivity contribution in [2.75, 3.05) is 26.2 Å². The van der Waals surface area contributed by atoms with Gasteiger partial charge in [0.25, 0.3) is 11.8 Å². The van der Waals surface area contributed by atoms with Gasteiger partial charge < -0.3 is 9.80 Å². The van der Waals surface area contributed by atoms with Crippen molar-refractivity contribution >= 4 is 11.8 Å². The molecule has 1 aromatic heterocycles. The molecule has 0 aliphatic heterocycles. The minimum absolute atomic E-state index is 0.0918. The lowest BCUT2D eigenvalue weighted by Gasteiger charge is -2.22. The van der Waals surface area contributed by atoms with Gasteiger partial charge >= 0.3 is 0 Å². The second kappa shape index (κ2) is 10.8. The van der Waals surface area contributed by atoms with Crippen molar-refractivity contribution in [2.24, 2.45) is 0 Å². The van der Waals surface area contributed by atoms with Crippen LogP contribution in [0.4, 0.5) is 0 Å². The van der Waals surface area contributed by atoms with Crippen molar-refractivity contribution in [3.05, 3.63) is 29.6 Å². The van der Waals surface area contributed by atoms with Crippen molar-refractivity contribution in [3.8, 4) is 0 Å². The first-order valence-electron chi connectivity index (χ1n) is 9.14. The molecule has 1 aromatic rings. The van der Waals surface area contributed by atoms with Crippen LogP contribution in [0.25, 0.3) is 0 Å². The summed E-state index contributed by atoms with van der Waals surface area (Å²) in [6.45, 7) is 11.1. The van der Waals surface area contributed by atoms with E-state index < -0.39 is 0 Å². The molecule has 0 N–H and O–H groups in total. The molecule has 0 aliphatic carbocycles. The summed E-state index contributed by atoms with van der Waals surface area (Å²) in [5.41, 5.74) is 0.714. The number of hydrogen-bond acceptors (Lipinski definition) is 3. The van der Waals surface area contributed by atoms with Crippen LogP contribution in [0.3, 0.4) is 0 Å². The maximum atomic E-state index is 12.7. The van der Waals surface area contributed by atoms with Crippen LogP contribution in [-0.4, -0.2) is 52.8 Å². The highest BCUT2D eigenvalue weighted by atomic mass is 16.2. The van der Waals surface area contributed by atoms with Gasteiger partial charge in [0, 0.05) is 26.2 Å². The van der Waals surface area contributed by atoms with E-state index in [1.54, 1.807) is 18.2 Å². The molecule has 0 atom stereocenters. The van der Waals surface area contributed by atoms with E-state index in [4.69, 9.17) is 0 Å². The monoisotopic (exact) mass is 333 g/mol. The molecule has 0 spiro atoms. The highest BCUT2D eigenvalue weighted by molar-refractivity contribution is 5.96. The van der Waals surface area contributed by atoms with Gasteiger partial charge in [-0.3, -0.25) is 9.59 Å². The quantitative estimate of drug-likeness (QED) is 0.657. The average molecular weight is 333 g/mol. The molecule has 0 saturated heterocycles. The fourth-order valence-corrected chi connectivity index (χ4v) is 2.71. The number of rotatable bonds is 10. The highest BCUT2D eigenvalue weighted by Gasteiger charge is 2.20. The molecule has 0 saturated carbocycles. The van der Waals surface area contributed by atoms with Crippen LogP contribution in [0.2, 0.25) is 0 Å². The van der Waals surface area contributed by atoms with Gasteiger partial charge in [0.1, 0.15) is 11.4 Å². The minimum Gasteiger partial charge on any atom is -0.337 e. The molecule has 0 aromatic carbocycles. The van der Waals surface area contributed by atoms with Crippen LogP contribution in [-0.2, 0) is 0 Å². The topological polar surface area (TPSA) is 53.5 Å². The maximum Gasteiger partial charge on any atom is 0.272 e. The number of carbonyl (C=O) groups excluding carboxylic acids is 2. The third-order valence-electron chi connectivity index (χ3n) is 3.74. The predicted octanol–water partition coefficient (Wildman–Crippen LogP) is 3.61. The Hall–Kier alpha value is -1.91. The molecule has 0 unspecified atom stereocenters. The van der Waals surface area contributed by atoms with Crippen LogP contribution < -0.4 is 0 Å². The van der Waals surface area contributed by atoms with E-state index in [0.29, 0.717) is 37.6 Å². The zero-order valence-electron chi connectivity index (χ0n) is 15.5. The number of pyridine rings is 1. The Bertz CT molecular complexity index is 476. The van der Waals surface area contributed by atoms with Gasteiger partial charge in [-0.05, 0) is 37.8 Å². The summed E-state index contributed by atoms with van der Waals surface area (Å²) >= 11 is 0. The van der Waals surface area contributed by atoms with Crippen LogP contribution in [0.1, 0.15) is 74.4 Å². The average Bonchev–Trinajstić information content (AvgIpc) is 2.60. The maximum absolute atomic E-state index is 12.7.